The minimum atomic E-state index is -0.306. The number of morpholine rings is 1. The number of carbonyl (C=O) groups excluding carboxylic acids is 1. The predicted molar refractivity (Wildman–Crippen MR) is 125 cm³/mol. The van der Waals surface area contributed by atoms with Crippen molar-refractivity contribution >= 4 is 5.91 Å². The Morgan fingerprint density at radius 2 is 1.88 bits per heavy atom. The Hall–Kier alpha value is -2.48. The molecule has 0 unspecified atom stereocenters. The normalized spacial score (nSPS) is 22.1. The van der Waals surface area contributed by atoms with Gasteiger partial charge in [0, 0.05) is 57.8 Å². The van der Waals surface area contributed by atoms with E-state index in [2.05, 4.69) is 27.2 Å². The van der Waals surface area contributed by atoms with Gasteiger partial charge < -0.3 is 14.8 Å². The molecule has 33 heavy (non-hydrogen) atoms. The van der Waals surface area contributed by atoms with Crippen LogP contribution in [0.1, 0.15) is 12.0 Å². The molecule has 1 amide bonds. The van der Waals surface area contributed by atoms with E-state index in [0.717, 1.165) is 58.9 Å². The van der Waals surface area contributed by atoms with E-state index in [1.54, 1.807) is 12.1 Å². The molecule has 0 saturated carbocycles. The summed E-state index contributed by atoms with van der Waals surface area (Å²) in [6.07, 6.45) is 0.768. The molecular formula is C26H34FN3O3. The molecule has 2 aliphatic heterocycles. The second-order valence-electron chi connectivity index (χ2n) is 8.99. The predicted octanol–water partition coefficient (Wildman–Crippen LogP) is 2.79. The molecule has 0 aliphatic carbocycles. The minimum absolute atomic E-state index is 0.0896. The molecule has 0 aromatic heterocycles. The molecule has 2 fully saturated rings. The molecule has 0 bridgehead atoms. The minimum Gasteiger partial charge on any atom is -0.493 e. The maximum absolute atomic E-state index is 13.5. The van der Waals surface area contributed by atoms with Gasteiger partial charge in [-0.05, 0) is 24.1 Å². The zero-order valence-corrected chi connectivity index (χ0v) is 19.1. The quantitative estimate of drug-likeness (QED) is 0.630. The van der Waals surface area contributed by atoms with E-state index < -0.39 is 0 Å². The highest BCUT2D eigenvalue weighted by atomic mass is 19.1. The van der Waals surface area contributed by atoms with E-state index in [4.69, 9.17) is 9.47 Å². The monoisotopic (exact) mass is 455 g/mol. The van der Waals surface area contributed by atoms with Crippen molar-refractivity contribution in [3.05, 3.63) is 66.0 Å². The van der Waals surface area contributed by atoms with Gasteiger partial charge in [0.15, 0.2) is 0 Å². The summed E-state index contributed by atoms with van der Waals surface area (Å²) in [7, 11) is 0. The van der Waals surface area contributed by atoms with Crippen molar-refractivity contribution in [2.24, 2.45) is 11.8 Å². The number of ether oxygens (including phenoxy) is 2. The Morgan fingerprint density at radius 1 is 1.06 bits per heavy atom. The van der Waals surface area contributed by atoms with Crippen molar-refractivity contribution < 1.29 is 18.7 Å². The summed E-state index contributed by atoms with van der Waals surface area (Å²) < 4.78 is 24.8. The first kappa shape index (κ1) is 23.7. The van der Waals surface area contributed by atoms with Gasteiger partial charge >= 0.3 is 0 Å². The summed E-state index contributed by atoms with van der Waals surface area (Å²) in [6.45, 7) is 7.71. The molecule has 2 saturated heterocycles. The number of nitrogens with one attached hydrogen (secondary N) is 1. The molecule has 2 aromatic carbocycles. The van der Waals surface area contributed by atoms with Gasteiger partial charge in [-0.2, -0.15) is 0 Å². The van der Waals surface area contributed by atoms with Crippen LogP contribution in [0, 0.1) is 17.7 Å². The lowest BCUT2D eigenvalue weighted by Gasteiger charge is -2.37. The number of benzene rings is 2. The standard InChI is InChI=1S/C26H34FN3O3/c27-24-7-4-8-25(16-24)33-20-22-15-23(19-30(18-22)17-21-5-2-1-3-6-21)26(31)28-9-10-29-11-13-32-14-12-29/h1-8,16,22-23H,9-15,17-20H2,(H,28,31)/t22-,23+/m0/s1. The van der Waals surface area contributed by atoms with E-state index in [0.29, 0.717) is 18.9 Å². The van der Waals surface area contributed by atoms with Crippen LogP contribution < -0.4 is 10.1 Å². The molecule has 1 N–H and O–H groups in total. The molecule has 2 aromatic rings. The number of likely N-dealkylation sites (tertiary alicyclic amines) is 1. The summed E-state index contributed by atoms with van der Waals surface area (Å²) in [5.41, 5.74) is 1.23. The summed E-state index contributed by atoms with van der Waals surface area (Å²) in [5.74, 6) is 0.437. The van der Waals surface area contributed by atoms with Crippen molar-refractivity contribution in [3.8, 4) is 5.75 Å². The van der Waals surface area contributed by atoms with Crippen molar-refractivity contribution in [2.45, 2.75) is 13.0 Å². The third kappa shape index (κ3) is 7.52. The van der Waals surface area contributed by atoms with Gasteiger partial charge in [0.1, 0.15) is 11.6 Å². The van der Waals surface area contributed by atoms with Gasteiger partial charge in [0.25, 0.3) is 0 Å². The molecule has 0 spiro atoms. The highest BCUT2D eigenvalue weighted by molar-refractivity contribution is 5.79. The first-order valence-electron chi connectivity index (χ1n) is 11.9. The molecule has 4 rings (SSSR count). The Bertz CT molecular complexity index is 876. The first-order valence-corrected chi connectivity index (χ1v) is 11.9. The summed E-state index contributed by atoms with van der Waals surface area (Å²) in [6, 6.07) is 16.6. The number of halogens is 1. The van der Waals surface area contributed by atoms with E-state index in [1.165, 1.54) is 17.7 Å². The van der Waals surface area contributed by atoms with Gasteiger partial charge in [-0.1, -0.05) is 36.4 Å². The average Bonchev–Trinajstić information content (AvgIpc) is 2.84. The molecule has 2 aliphatic rings. The zero-order valence-electron chi connectivity index (χ0n) is 19.1. The Kier molecular flexibility index (Phi) is 8.69. The Morgan fingerprint density at radius 3 is 2.67 bits per heavy atom. The van der Waals surface area contributed by atoms with Gasteiger partial charge in [0.05, 0.1) is 25.7 Å². The zero-order chi connectivity index (χ0) is 22.9. The first-order chi connectivity index (χ1) is 16.2. The van der Waals surface area contributed by atoms with Crippen LogP contribution in [0.5, 0.6) is 5.75 Å². The lowest BCUT2D eigenvalue weighted by atomic mass is 9.88. The number of rotatable bonds is 9. The third-order valence-electron chi connectivity index (χ3n) is 6.35. The lowest BCUT2D eigenvalue weighted by molar-refractivity contribution is -0.127. The molecule has 178 valence electrons. The number of hydrogen-bond acceptors (Lipinski definition) is 5. The van der Waals surface area contributed by atoms with Crippen molar-refractivity contribution in [1.29, 1.82) is 0 Å². The van der Waals surface area contributed by atoms with E-state index in [-0.39, 0.29) is 23.6 Å². The SMILES string of the molecule is O=C(NCCN1CCOCC1)[C@@H]1C[C@H](COc2cccc(F)c2)CN(Cc2ccccc2)C1. The van der Waals surface area contributed by atoms with E-state index in [1.807, 2.05) is 18.2 Å². The number of nitrogens with zero attached hydrogens (tertiary/aromatic N) is 2. The number of carbonyl (C=O) groups is 1. The van der Waals surface area contributed by atoms with Crippen LogP contribution in [0.3, 0.4) is 0 Å². The van der Waals surface area contributed by atoms with Crippen LogP contribution in [0.4, 0.5) is 4.39 Å². The van der Waals surface area contributed by atoms with Crippen molar-refractivity contribution in [3.63, 3.8) is 0 Å². The average molecular weight is 456 g/mol. The smallest absolute Gasteiger partial charge is 0.224 e. The van der Waals surface area contributed by atoms with Crippen LogP contribution >= 0.6 is 0 Å². The van der Waals surface area contributed by atoms with Crippen LogP contribution in [-0.4, -0.2) is 74.8 Å². The fourth-order valence-corrected chi connectivity index (χ4v) is 4.66. The topological polar surface area (TPSA) is 54.0 Å². The maximum Gasteiger partial charge on any atom is 0.224 e. The fraction of sp³-hybridized carbons (Fsp3) is 0.500. The maximum atomic E-state index is 13.5. The fourth-order valence-electron chi connectivity index (χ4n) is 4.66. The molecule has 6 nitrogen and oxygen atoms in total. The molecular weight excluding hydrogens is 421 g/mol. The largest absolute Gasteiger partial charge is 0.493 e. The molecule has 2 atom stereocenters. The second-order valence-corrected chi connectivity index (χ2v) is 8.99. The highest BCUT2D eigenvalue weighted by Crippen LogP contribution is 2.25. The van der Waals surface area contributed by atoms with Crippen LogP contribution in [0.25, 0.3) is 0 Å². The number of hydrogen-bond donors (Lipinski definition) is 1. The number of piperidine rings is 1. The van der Waals surface area contributed by atoms with Crippen molar-refractivity contribution in [2.75, 3.05) is 59.1 Å². The molecule has 7 heteroatoms. The van der Waals surface area contributed by atoms with Gasteiger partial charge in [-0.15, -0.1) is 0 Å². The molecule has 2 heterocycles. The van der Waals surface area contributed by atoms with Crippen molar-refractivity contribution in [1.82, 2.24) is 15.1 Å². The van der Waals surface area contributed by atoms with Gasteiger partial charge in [-0.3, -0.25) is 14.6 Å². The highest BCUT2D eigenvalue weighted by Gasteiger charge is 2.32. The Labute approximate surface area is 195 Å². The van der Waals surface area contributed by atoms with E-state index in [9.17, 15) is 9.18 Å². The van der Waals surface area contributed by atoms with E-state index >= 15 is 0 Å². The van der Waals surface area contributed by atoms with Gasteiger partial charge in [-0.25, -0.2) is 4.39 Å². The number of amides is 1. The molecule has 0 radical (unpaired) electrons. The third-order valence-corrected chi connectivity index (χ3v) is 6.35. The summed E-state index contributed by atoms with van der Waals surface area (Å²) in [5, 5.41) is 3.15. The lowest BCUT2D eigenvalue weighted by Crippen LogP contribution is -2.48. The second kappa shape index (κ2) is 12.1. The van der Waals surface area contributed by atoms with Crippen LogP contribution in [0.2, 0.25) is 0 Å². The summed E-state index contributed by atoms with van der Waals surface area (Å²) in [4.78, 5) is 17.7. The Balaban J connectivity index is 1.33. The van der Waals surface area contributed by atoms with Gasteiger partial charge in [0.2, 0.25) is 5.91 Å². The van der Waals surface area contributed by atoms with Crippen LogP contribution in [0.15, 0.2) is 54.6 Å². The van der Waals surface area contributed by atoms with Crippen LogP contribution in [-0.2, 0) is 16.1 Å². The summed E-state index contributed by atoms with van der Waals surface area (Å²) >= 11 is 0.